The van der Waals surface area contributed by atoms with Gasteiger partial charge in [0, 0.05) is 23.6 Å². The fourth-order valence-electron chi connectivity index (χ4n) is 1.91. The summed E-state index contributed by atoms with van der Waals surface area (Å²) in [5.74, 6) is 0. The summed E-state index contributed by atoms with van der Waals surface area (Å²) in [4.78, 5) is 4.25. The minimum Gasteiger partial charge on any atom is -0.399 e. The molecule has 1 aromatic carbocycles. The summed E-state index contributed by atoms with van der Waals surface area (Å²) in [7, 11) is 0. The maximum atomic E-state index is 6.22. The van der Waals surface area contributed by atoms with Crippen LogP contribution in [0, 0.1) is 0 Å². The molecule has 0 saturated heterocycles. The highest BCUT2D eigenvalue weighted by molar-refractivity contribution is 6.33. The van der Waals surface area contributed by atoms with E-state index in [0.717, 1.165) is 16.9 Å². The van der Waals surface area contributed by atoms with Gasteiger partial charge in [-0.3, -0.25) is 4.40 Å². The Morgan fingerprint density at radius 2 is 2.06 bits per heavy atom. The van der Waals surface area contributed by atoms with Crippen LogP contribution in [0.25, 0.3) is 16.9 Å². The molecule has 0 spiro atoms. The Morgan fingerprint density at radius 1 is 1.18 bits per heavy atom. The molecule has 0 radical (unpaired) electrons. The topological polar surface area (TPSA) is 43.3 Å². The van der Waals surface area contributed by atoms with Crippen molar-refractivity contribution in [3.8, 4) is 11.3 Å². The van der Waals surface area contributed by atoms with Crippen molar-refractivity contribution < 1.29 is 0 Å². The number of rotatable bonds is 1. The summed E-state index contributed by atoms with van der Waals surface area (Å²) in [6.45, 7) is 0. The molecule has 0 amide bonds. The first kappa shape index (κ1) is 10.2. The summed E-state index contributed by atoms with van der Waals surface area (Å²) in [5, 5.41) is 0.645. The van der Waals surface area contributed by atoms with E-state index in [9.17, 15) is 0 Å². The van der Waals surface area contributed by atoms with Crippen LogP contribution in [-0.2, 0) is 0 Å². The monoisotopic (exact) mass is 243 g/mol. The number of hydrogen-bond donors (Lipinski definition) is 1. The molecule has 0 fully saturated rings. The molecular weight excluding hydrogens is 234 g/mol. The lowest BCUT2D eigenvalue weighted by Gasteiger charge is -2.08. The van der Waals surface area contributed by atoms with Crippen LogP contribution in [0.1, 0.15) is 0 Å². The third kappa shape index (κ3) is 1.65. The summed E-state index contributed by atoms with van der Waals surface area (Å²) in [6, 6.07) is 11.4. The number of aromatic nitrogens is 2. The number of pyridine rings is 1. The lowest BCUT2D eigenvalue weighted by Crippen LogP contribution is -1.92. The summed E-state index contributed by atoms with van der Waals surface area (Å²) in [6.07, 6.45) is 3.68. The molecule has 0 aliphatic carbocycles. The van der Waals surface area contributed by atoms with Crippen molar-refractivity contribution in [2.45, 2.75) is 0 Å². The van der Waals surface area contributed by atoms with Crippen LogP contribution in [0.3, 0.4) is 0 Å². The molecule has 2 N–H and O–H groups in total. The summed E-state index contributed by atoms with van der Waals surface area (Å²) >= 11 is 6.22. The fraction of sp³-hybridized carbons (Fsp3) is 0. The number of nitrogen functional groups attached to an aromatic ring is 1. The van der Waals surface area contributed by atoms with Crippen molar-refractivity contribution in [2.75, 3.05) is 5.73 Å². The minimum absolute atomic E-state index is 0.645. The molecule has 3 rings (SSSR count). The van der Waals surface area contributed by atoms with Crippen LogP contribution >= 0.6 is 11.6 Å². The van der Waals surface area contributed by atoms with Gasteiger partial charge in [-0.15, -0.1) is 0 Å². The smallest absolute Gasteiger partial charge is 0.137 e. The van der Waals surface area contributed by atoms with E-state index in [4.69, 9.17) is 17.3 Å². The highest BCUT2D eigenvalue weighted by Crippen LogP contribution is 2.29. The summed E-state index contributed by atoms with van der Waals surface area (Å²) < 4.78 is 2.00. The number of benzene rings is 1. The normalized spacial score (nSPS) is 10.9. The zero-order valence-corrected chi connectivity index (χ0v) is 9.72. The van der Waals surface area contributed by atoms with Crippen molar-refractivity contribution in [3.05, 3.63) is 53.8 Å². The van der Waals surface area contributed by atoms with Gasteiger partial charge in [0.1, 0.15) is 5.65 Å². The van der Waals surface area contributed by atoms with Crippen molar-refractivity contribution in [1.29, 1.82) is 0 Å². The molecule has 17 heavy (non-hydrogen) atoms. The van der Waals surface area contributed by atoms with E-state index in [1.165, 1.54) is 0 Å². The van der Waals surface area contributed by atoms with E-state index in [-0.39, 0.29) is 0 Å². The Bertz CT molecular complexity index is 688. The van der Waals surface area contributed by atoms with Gasteiger partial charge in [-0.05, 0) is 30.3 Å². The third-order valence-electron chi connectivity index (χ3n) is 2.70. The Hall–Kier alpha value is -2.00. The third-order valence-corrected chi connectivity index (χ3v) is 3.01. The second-order valence-electron chi connectivity index (χ2n) is 3.81. The molecule has 2 heterocycles. The van der Waals surface area contributed by atoms with Crippen molar-refractivity contribution in [3.63, 3.8) is 0 Å². The molecule has 2 aromatic heterocycles. The van der Waals surface area contributed by atoms with Crippen LogP contribution in [0.2, 0.25) is 5.02 Å². The lowest BCUT2D eigenvalue weighted by atomic mass is 10.1. The Balaban J connectivity index is 2.30. The number of imidazole rings is 1. The molecular formula is C13H10ClN3. The van der Waals surface area contributed by atoms with E-state index >= 15 is 0 Å². The molecule has 4 heteroatoms. The standard InChI is InChI=1S/C13H10ClN3/c14-11-8-9(15)4-5-10(11)12-2-1-3-13-16-6-7-17(12)13/h1-8H,15H2. The molecule has 84 valence electrons. The first-order chi connectivity index (χ1) is 8.25. The van der Waals surface area contributed by atoms with Gasteiger partial charge in [-0.1, -0.05) is 17.7 Å². The van der Waals surface area contributed by atoms with E-state index in [1.54, 1.807) is 12.3 Å². The molecule has 3 aromatic rings. The fourth-order valence-corrected chi connectivity index (χ4v) is 2.19. The van der Waals surface area contributed by atoms with Gasteiger partial charge in [0.05, 0.1) is 10.7 Å². The number of fused-ring (bicyclic) bond motifs is 1. The van der Waals surface area contributed by atoms with Crippen LogP contribution in [0.4, 0.5) is 5.69 Å². The summed E-state index contributed by atoms with van der Waals surface area (Å²) in [5.41, 5.74) is 9.21. The van der Waals surface area contributed by atoms with Gasteiger partial charge in [0.25, 0.3) is 0 Å². The molecule has 0 bridgehead atoms. The van der Waals surface area contributed by atoms with Crippen LogP contribution in [0.5, 0.6) is 0 Å². The number of anilines is 1. The largest absolute Gasteiger partial charge is 0.399 e. The van der Waals surface area contributed by atoms with E-state index in [1.807, 2.05) is 40.9 Å². The molecule has 0 unspecified atom stereocenters. The zero-order chi connectivity index (χ0) is 11.8. The number of nitrogens with zero attached hydrogens (tertiary/aromatic N) is 2. The van der Waals surface area contributed by atoms with Crippen molar-refractivity contribution in [1.82, 2.24) is 9.38 Å². The SMILES string of the molecule is Nc1ccc(-c2cccc3nccn23)c(Cl)c1. The van der Waals surface area contributed by atoms with E-state index < -0.39 is 0 Å². The second-order valence-corrected chi connectivity index (χ2v) is 4.21. The maximum Gasteiger partial charge on any atom is 0.137 e. The quantitative estimate of drug-likeness (QED) is 0.667. The predicted octanol–water partition coefficient (Wildman–Crippen LogP) is 3.24. The van der Waals surface area contributed by atoms with Crippen molar-refractivity contribution >= 4 is 22.9 Å². The maximum absolute atomic E-state index is 6.22. The van der Waals surface area contributed by atoms with Crippen LogP contribution < -0.4 is 5.73 Å². The lowest BCUT2D eigenvalue weighted by molar-refractivity contribution is 1.19. The van der Waals surface area contributed by atoms with Gasteiger partial charge in [0.2, 0.25) is 0 Å². The van der Waals surface area contributed by atoms with Crippen LogP contribution in [0.15, 0.2) is 48.8 Å². The van der Waals surface area contributed by atoms with Gasteiger partial charge < -0.3 is 5.73 Å². The van der Waals surface area contributed by atoms with Crippen molar-refractivity contribution in [2.24, 2.45) is 0 Å². The van der Waals surface area contributed by atoms with Crippen LogP contribution in [-0.4, -0.2) is 9.38 Å². The van der Waals surface area contributed by atoms with Gasteiger partial charge in [0.15, 0.2) is 0 Å². The zero-order valence-electron chi connectivity index (χ0n) is 8.97. The molecule has 0 aliphatic rings. The Labute approximate surface area is 103 Å². The molecule has 0 saturated carbocycles. The Kier molecular flexibility index (Phi) is 2.27. The Morgan fingerprint density at radius 3 is 2.88 bits per heavy atom. The average Bonchev–Trinajstić information content (AvgIpc) is 2.77. The molecule has 3 nitrogen and oxygen atoms in total. The predicted molar refractivity (Wildman–Crippen MR) is 70.1 cm³/mol. The van der Waals surface area contributed by atoms with Gasteiger partial charge >= 0.3 is 0 Å². The molecule has 0 atom stereocenters. The highest BCUT2D eigenvalue weighted by Gasteiger charge is 2.07. The minimum atomic E-state index is 0.645. The number of halogens is 1. The first-order valence-electron chi connectivity index (χ1n) is 5.23. The average molecular weight is 244 g/mol. The number of nitrogens with two attached hydrogens (primary N) is 1. The van der Waals surface area contributed by atoms with E-state index in [0.29, 0.717) is 10.7 Å². The van der Waals surface area contributed by atoms with Gasteiger partial charge in [-0.25, -0.2) is 4.98 Å². The highest BCUT2D eigenvalue weighted by atomic mass is 35.5. The molecule has 0 aliphatic heterocycles. The first-order valence-corrected chi connectivity index (χ1v) is 5.61. The second kappa shape index (κ2) is 3.79. The number of hydrogen-bond acceptors (Lipinski definition) is 2. The van der Waals surface area contributed by atoms with Gasteiger partial charge in [-0.2, -0.15) is 0 Å². The van der Waals surface area contributed by atoms with E-state index in [2.05, 4.69) is 4.98 Å².